The number of para-hydroxylation sites is 2. The van der Waals surface area contributed by atoms with Crippen molar-refractivity contribution in [1.29, 1.82) is 0 Å². The van der Waals surface area contributed by atoms with Gasteiger partial charge in [0, 0.05) is 32.1 Å². The fourth-order valence-electron chi connectivity index (χ4n) is 3.31. The van der Waals surface area contributed by atoms with Crippen LogP contribution in [0.25, 0.3) is 0 Å². The number of hydrogen-bond acceptors (Lipinski definition) is 4. The van der Waals surface area contributed by atoms with E-state index < -0.39 is 0 Å². The third-order valence-corrected chi connectivity index (χ3v) is 5.08. The molecule has 0 unspecified atom stereocenters. The minimum atomic E-state index is -0.258. The predicted molar refractivity (Wildman–Crippen MR) is 116 cm³/mol. The normalized spacial score (nSPS) is 14.1. The van der Waals surface area contributed by atoms with Crippen LogP contribution in [0.2, 0.25) is 5.02 Å². The highest BCUT2D eigenvalue weighted by Gasteiger charge is 2.25. The molecule has 1 N–H and O–H groups in total. The highest BCUT2D eigenvalue weighted by molar-refractivity contribution is 6.34. The van der Waals surface area contributed by atoms with Gasteiger partial charge in [-0.2, -0.15) is 0 Å². The summed E-state index contributed by atoms with van der Waals surface area (Å²) in [5.74, 6) is 0.530. The summed E-state index contributed by atoms with van der Waals surface area (Å²) >= 11 is 6.46. The van der Waals surface area contributed by atoms with Gasteiger partial charge in [0.15, 0.2) is 6.61 Å². The Morgan fingerprint density at radius 1 is 1.03 bits per heavy atom. The Morgan fingerprint density at radius 3 is 2.38 bits per heavy atom. The molecule has 29 heavy (non-hydrogen) atoms. The van der Waals surface area contributed by atoms with E-state index in [0.29, 0.717) is 42.6 Å². The van der Waals surface area contributed by atoms with Gasteiger partial charge >= 0.3 is 0 Å². The molecule has 1 fully saturated rings. The van der Waals surface area contributed by atoms with Crippen molar-refractivity contribution in [3.63, 3.8) is 0 Å². The number of anilines is 2. The molecule has 6 nitrogen and oxygen atoms in total. The second kappa shape index (κ2) is 9.65. The second-order valence-electron chi connectivity index (χ2n) is 7.25. The lowest BCUT2D eigenvalue weighted by molar-refractivity contribution is -0.134. The minimum Gasteiger partial charge on any atom is -0.484 e. The molecular weight excluding hydrogens is 390 g/mol. The maximum Gasteiger partial charge on any atom is 0.262 e. The molecule has 0 radical (unpaired) electrons. The van der Waals surface area contributed by atoms with E-state index in [4.69, 9.17) is 16.3 Å². The number of rotatable bonds is 6. The summed E-state index contributed by atoms with van der Waals surface area (Å²) in [5.41, 5.74) is 1.42. The first-order valence-electron chi connectivity index (χ1n) is 9.75. The topological polar surface area (TPSA) is 61.9 Å². The van der Waals surface area contributed by atoms with Crippen molar-refractivity contribution in [1.82, 2.24) is 4.90 Å². The molecular formula is C22H26ClN3O3. The number of amides is 2. The van der Waals surface area contributed by atoms with Crippen molar-refractivity contribution >= 4 is 34.8 Å². The lowest BCUT2D eigenvalue weighted by atomic mass is 10.1. The Morgan fingerprint density at radius 2 is 1.72 bits per heavy atom. The zero-order chi connectivity index (χ0) is 20.8. The first-order chi connectivity index (χ1) is 14.0. The Kier molecular flexibility index (Phi) is 6.99. The summed E-state index contributed by atoms with van der Waals surface area (Å²) in [6.07, 6.45) is 0. The van der Waals surface area contributed by atoms with Crippen molar-refractivity contribution in [3.05, 3.63) is 53.6 Å². The van der Waals surface area contributed by atoms with Gasteiger partial charge in [0.1, 0.15) is 5.75 Å². The largest absolute Gasteiger partial charge is 0.484 e. The van der Waals surface area contributed by atoms with E-state index in [2.05, 4.69) is 10.2 Å². The van der Waals surface area contributed by atoms with Gasteiger partial charge in [-0.05, 0) is 24.3 Å². The fraction of sp³-hybridized carbons (Fsp3) is 0.364. The van der Waals surface area contributed by atoms with E-state index in [1.165, 1.54) is 0 Å². The summed E-state index contributed by atoms with van der Waals surface area (Å²) in [4.78, 5) is 28.6. The number of nitrogens with zero attached hydrogens (tertiary/aromatic N) is 2. The highest BCUT2D eigenvalue weighted by atomic mass is 35.5. The van der Waals surface area contributed by atoms with Crippen LogP contribution in [0.15, 0.2) is 48.5 Å². The predicted octanol–water partition coefficient (Wildman–Crippen LogP) is 3.66. The van der Waals surface area contributed by atoms with Crippen molar-refractivity contribution in [3.8, 4) is 5.75 Å². The lowest BCUT2D eigenvalue weighted by Crippen LogP contribution is -2.50. The van der Waals surface area contributed by atoms with Gasteiger partial charge in [0.25, 0.3) is 5.91 Å². The van der Waals surface area contributed by atoms with Crippen molar-refractivity contribution in [2.75, 3.05) is 43.0 Å². The smallest absolute Gasteiger partial charge is 0.262 e. The van der Waals surface area contributed by atoms with Crippen LogP contribution >= 0.6 is 11.6 Å². The number of carbonyl (C=O) groups excluding carboxylic acids is 2. The number of ether oxygens (including phenoxy) is 1. The van der Waals surface area contributed by atoms with Crippen molar-refractivity contribution < 1.29 is 14.3 Å². The SMILES string of the molecule is CC(C)C(=O)N1CCN(c2c(Cl)cccc2NC(=O)COc2ccccc2)CC1. The monoisotopic (exact) mass is 415 g/mol. The molecule has 0 spiro atoms. The molecule has 7 heteroatoms. The third kappa shape index (κ3) is 5.41. The Balaban J connectivity index is 1.65. The van der Waals surface area contributed by atoms with Gasteiger partial charge in [-0.25, -0.2) is 0 Å². The van der Waals surface area contributed by atoms with E-state index >= 15 is 0 Å². The molecule has 0 saturated carbocycles. The minimum absolute atomic E-state index is 0.0127. The quantitative estimate of drug-likeness (QED) is 0.782. The van der Waals surface area contributed by atoms with E-state index in [9.17, 15) is 9.59 Å². The van der Waals surface area contributed by atoms with E-state index in [0.717, 1.165) is 5.69 Å². The standard InChI is InChI=1S/C22H26ClN3O3/c1-16(2)22(28)26-13-11-25(12-14-26)21-18(23)9-6-10-19(21)24-20(27)15-29-17-7-4-3-5-8-17/h3-10,16H,11-15H2,1-2H3,(H,24,27). The van der Waals surface area contributed by atoms with Crippen molar-refractivity contribution in [2.45, 2.75) is 13.8 Å². The molecule has 0 bridgehead atoms. The molecule has 0 aromatic heterocycles. The number of carbonyl (C=O) groups is 2. The van der Waals surface area contributed by atoms with Gasteiger partial charge in [0.2, 0.25) is 5.91 Å². The molecule has 1 saturated heterocycles. The summed E-state index contributed by atoms with van der Waals surface area (Å²) < 4.78 is 5.52. The van der Waals surface area contributed by atoms with Crippen LogP contribution in [-0.4, -0.2) is 49.5 Å². The van der Waals surface area contributed by atoms with Gasteiger partial charge in [-0.3, -0.25) is 9.59 Å². The van der Waals surface area contributed by atoms with Crippen LogP contribution in [0.1, 0.15) is 13.8 Å². The van der Waals surface area contributed by atoms with Gasteiger partial charge in [-0.1, -0.05) is 49.7 Å². The molecule has 0 atom stereocenters. The van der Waals surface area contributed by atoms with Gasteiger partial charge < -0.3 is 19.9 Å². The number of halogens is 1. The Labute approximate surface area is 176 Å². The lowest BCUT2D eigenvalue weighted by Gasteiger charge is -2.38. The molecule has 0 aliphatic carbocycles. The van der Waals surface area contributed by atoms with E-state index in [1.54, 1.807) is 24.3 Å². The molecule has 1 aliphatic rings. The molecule has 2 aromatic carbocycles. The molecule has 3 rings (SSSR count). The van der Waals surface area contributed by atoms with Crippen LogP contribution in [-0.2, 0) is 9.59 Å². The molecule has 154 valence electrons. The zero-order valence-electron chi connectivity index (χ0n) is 16.7. The number of nitrogens with one attached hydrogen (secondary N) is 1. The Hall–Kier alpha value is -2.73. The van der Waals surface area contributed by atoms with Gasteiger partial charge in [-0.15, -0.1) is 0 Å². The zero-order valence-corrected chi connectivity index (χ0v) is 17.5. The highest BCUT2D eigenvalue weighted by Crippen LogP contribution is 2.34. The molecule has 2 aromatic rings. The molecule has 1 aliphatic heterocycles. The molecule has 2 amide bonds. The second-order valence-corrected chi connectivity index (χ2v) is 7.66. The summed E-state index contributed by atoms with van der Waals surface area (Å²) in [7, 11) is 0. The average Bonchev–Trinajstić information content (AvgIpc) is 2.73. The summed E-state index contributed by atoms with van der Waals surface area (Å²) in [6.45, 7) is 6.31. The first-order valence-corrected chi connectivity index (χ1v) is 10.1. The number of piperazine rings is 1. The Bertz CT molecular complexity index is 850. The van der Waals surface area contributed by atoms with Crippen LogP contribution in [0.4, 0.5) is 11.4 Å². The van der Waals surface area contributed by atoms with Crippen LogP contribution in [0, 0.1) is 5.92 Å². The van der Waals surface area contributed by atoms with Gasteiger partial charge in [0.05, 0.1) is 16.4 Å². The maximum atomic E-state index is 12.4. The van der Waals surface area contributed by atoms with Crippen LogP contribution < -0.4 is 15.0 Å². The van der Waals surface area contributed by atoms with E-state index in [1.807, 2.05) is 43.0 Å². The summed E-state index contributed by atoms with van der Waals surface area (Å²) in [5, 5.41) is 3.47. The van der Waals surface area contributed by atoms with Crippen LogP contribution in [0.3, 0.4) is 0 Å². The number of benzene rings is 2. The van der Waals surface area contributed by atoms with Crippen molar-refractivity contribution in [2.24, 2.45) is 5.92 Å². The fourth-order valence-corrected chi connectivity index (χ4v) is 3.60. The summed E-state index contributed by atoms with van der Waals surface area (Å²) in [6, 6.07) is 14.6. The first kappa shape index (κ1) is 21.0. The number of hydrogen-bond donors (Lipinski definition) is 1. The average molecular weight is 416 g/mol. The maximum absolute atomic E-state index is 12.4. The van der Waals surface area contributed by atoms with E-state index in [-0.39, 0.29) is 24.3 Å². The molecule has 1 heterocycles. The van der Waals surface area contributed by atoms with Crippen LogP contribution in [0.5, 0.6) is 5.75 Å². The third-order valence-electron chi connectivity index (χ3n) is 4.78.